The Morgan fingerprint density at radius 3 is 2.86 bits per heavy atom. The molecule has 0 aliphatic heterocycles. The predicted octanol–water partition coefficient (Wildman–Crippen LogP) is 3.00. The fourth-order valence-corrected chi connectivity index (χ4v) is 3.06. The number of fused-ring (bicyclic) bond motifs is 1. The van der Waals surface area contributed by atoms with Crippen LogP contribution in [0.5, 0.6) is 0 Å². The number of hydrogen-bond donors (Lipinski definition) is 1. The number of anilines is 1. The Morgan fingerprint density at radius 1 is 1.50 bits per heavy atom. The molecule has 2 aromatic rings. The maximum Gasteiger partial charge on any atom is 0.300 e. The monoisotopic (exact) mass is 320 g/mol. The first-order valence-corrected chi connectivity index (χ1v) is 5.66. The first kappa shape index (κ1) is 9.66. The Bertz CT molecular complexity index is 523. The standard InChI is InChI=1S/C8H5IN2O2S/c9-5-2-1-4-6(10)3-14-8(4)7(5)11(12)13/h1-3H,10H2. The Labute approximate surface area is 97.0 Å². The van der Waals surface area contributed by atoms with Crippen molar-refractivity contribution < 1.29 is 4.92 Å². The molecule has 0 fully saturated rings. The van der Waals surface area contributed by atoms with Crippen molar-refractivity contribution in [3.63, 3.8) is 0 Å². The van der Waals surface area contributed by atoms with Crippen LogP contribution in [0.25, 0.3) is 10.1 Å². The lowest BCUT2D eigenvalue weighted by Crippen LogP contribution is -1.91. The van der Waals surface area contributed by atoms with Crippen molar-refractivity contribution in [2.24, 2.45) is 0 Å². The molecule has 0 unspecified atom stereocenters. The molecule has 0 radical (unpaired) electrons. The minimum atomic E-state index is -0.361. The minimum Gasteiger partial charge on any atom is -0.398 e. The summed E-state index contributed by atoms with van der Waals surface area (Å²) in [6, 6.07) is 3.53. The lowest BCUT2D eigenvalue weighted by Gasteiger charge is -1.96. The molecule has 0 saturated carbocycles. The van der Waals surface area contributed by atoms with Gasteiger partial charge in [-0.1, -0.05) is 0 Å². The van der Waals surface area contributed by atoms with E-state index in [0.717, 1.165) is 5.39 Å². The second kappa shape index (κ2) is 3.35. The molecule has 0 amide bonds. The molecule has 6 heteroatoms. The molecule has 0 aliphatic carbocycles. The van der Waals surface area contributed by atoms with Crippen molar-refractivity contribution >= 4 is 55.4 Å². The summed E-state index contributed by atoms with van der Waals surface area (Å²) in [5, 5.41) is 13.3. The summed E-state index contributed by atoms with van der Waals surface area (Å²) in [7, 11) is 0. The summed E-state index contributed by atoms with van der Waals surface area (Å²) in [5.41, 5.74) is 6.44. The van der Waals surface area contributed by atoms with Crippen molar-refractivity contribution in [1.82, 2.24) is 0 Å². The van der Waals surface area contributed by atoms with Crippen LogP contribution in [0, 0.1) is 13.7 Å². The molecule has 4 nitrogen and oxygen atoms in total. The Balaban J connectivity index is 2.90. The topological polar surface area (TPSA) is 69.2 Å². The smallest absolute Gasteiger partial charge is 0.300 e. The summed E-state index contributed by atoms with van der Waals surface area (Å²) in [6.07, 6.45) is 0. The summed E-state index contributed by atoms with van der Waals surface area (Å²) < 4.78 is 1.29. The van der Waals surface area contributed by atoms with E-state index in [0.29, 0.717) is 14.0 Å². The third kappa shape index (κ3) is 1.34. The molecule has 1 heterocycles. The van der Waals surface area contributed by atoms with Gasteiger partial charge in [0.05, 0.1) is 14.2 Å². The fourth-order valence-electron chi connectivity index (χ4n) is 1.25. The molecular weight excluding hydrogens is 315 g/mol. The zero-order valence-electron chi connectivity index (χ0n) is 6.86. The van der Waals surface area contributed by atoms with Crippen LogP contribution in [0.2, 0.25) is 0 Å². The van der Waals surface area contributed by atoms with E-state index in [1.54, 1.807) is 11.4 Å². The second-order valence-electron chi connectivity index (χ2n) is 2.72. The van der Waals surface area contributed by atoms with E-state index in [2.05, 4.69) is 0 Å². The number of nitrogens with zero attached hydrogens (tertiary/aromatic N) is 1. The molecule has 2 rings (SSSR count). The molecular formula is C8H5IN2O2S. The van der Waals surface area contributed by atoms with Gasteiger partial charge in [0.15, 0.2) is 0 Å². The van der Waals surface area contributed by atoms with Gasteiger partial charge in [-0.05, 0) is 34.7 Å². The van der Waals surface area contributed by atoms with Crippen molar-refractivity contribution in [3.05, 3.63) is 31.2 Å². The highest BCUT2D eigenvalue weighted by molar-refractivity contribution is 14.1. The summed E-state index contributed by atoms with van der Waals surface area (Å²) in [4.78, 5) is 10.5. The number of rotatable bonds is 1. The summed E-state index contributed by atoms with van der Waals surface area (Å²) in [5.74, 6) is 0. The number of nitro groups is 1. The Kier molecular flexibility index (Phi) is 2.31. The van der Waals surface area contributed by atoms with E-state index >= 15 is 0 Å². The molecule has 0 bridgehead atoms. The Morgan fingerprint density at radius 2 is 2.21 bits per heavy atom. The lowest BCUT2D eigenvalue weighted by molar-refractivity contribution is -0.383. The van der Waals surface area contributed by atoms with E-state index < -0.39 is 0 Å². The van der Waals surface area contributed by atoms with Gasteiger partial charge in [0.25, 0.3) is 5.69 Å². The maximum atomic E-state index is 10.8. The first-order chi connectivity index (χ1) is 6.61. The quantitative estimate of drug-likeness (QED) is 0.499. The molecule has 0 saturated heterocycles. The van der Waals surface area contributed by atoms with E-state index in [1.807, 2.05) is 28.7 Å². The van der Waals surface area contributed by atoms with Gasteiger partial charge in [-0.15, -0.1) is 11.3 Å². The van der Waals surface area contributed by atoms with E-state index in [1.165, 1.54) is 11.3 Å². The highest BCUT2D eigenvalue weighted by Gasteiger charge is 2.18. The molecule has 2 N–H and O–H groups in total. The molecule has 0 aliphatic rings. The van der Waals surface area contributed by atoms with Gasteiger partial charge in [-0.3, -0.25) is 10.1 Å². The van der Waals surface area contributed by atoms with Crippen LogP contribution in [0.1, 0.15) is 0 Å². The number of hydrogen-bond acceptors (Lipinski definition) is 4. The SMILES string of the molecule is Nc1csc2c([N+](=O)[O-])c(I)ccc12. The van der Waals surface area contributed by atoms with Crippen molar-refractivity contribution in [2.75, 3.05) is 5.73 Å². The van der Waals surface area contributed by atoms with E-state index in [4.69, 9.17) is 5.73 Å². The molecule has 1 aromatic carbocycles. The molecule has 72 valence electrons. The van der Waals surface area contributed by atoms with Crippen LogP contribution in [0.3, 0.4) is 0 Å². The van der Waals surface area contributed by atoms with Crippen LogP contribution in [0.4, 0.5) is 11.4 Å². The van der Waals surface area contributed by atoms with Crippen LogP contribution in [-0.2, 0) is 0 Å². The highest BCUT2D eigenvalue weighted by atomic mass is 127. The zero-order valence-corrected chi connectivity index (χ0v) is 9.83. The first-order valence-electron chi connectivity index (χ1n) is 3.71. The summed E-state index contributed by atoms with van der Waals surface area (Å²) >= 11 is 3.27. The third-order valence-corrected chi connectivity index (χ3v) is 3.77. The second-order valence-corrected chi connectivity index (χ2v) is 4.76. The largest absolute Gasteiger partial charge is 0.398 e. The number of nitrogen functional groups attached to an aromatic ring is 1. The average Bonchev–Trinajstić information content (AvgIpc) is 2.47. The molecule has 0 spiro atoms. The van der Waals surface area contributed by atoms with E-state index in [9.17, 15) is 10.1 Å². The van der Waals surface area contributed by atoms with Gasteiger partial charge < -0.3 is 5.73 Å². The summed E-state index contributed by atoms with van der Waals surface area (Å²) in [6.45, 7) is 0. The normalized spacial score (nSPS) is 10.6. The van der Waals surface area contributed by atoms with Gasteiger partial charge in [0.1, 0.15) is 4.70 Å². The number of nitrogens with two attached hydrogens (primary N) is 1. The number of halogens is 1. The van der Waals surface area contributed by atoms with Crippen LogP contribution in [0.15, 0.2) is 17.5 Å². The minimum absolute atomic E-state index is 0.157. The average molecular weight is 320 g/mol. The molecule has 1 aromatic heterocycles. The van der Waals surface area contributed by atoms with Gasteiger partial charge in [-0.25, -0.2) is 0 Å². The van der Waals surface area contributed by atoms with Gasteiger partial charge in [0.2, 0.25) is 0 Å². The predicted molar refractivity (Wildman–Crippen MR) is 65.6 cm³/mol. The number of nitro benzene ring substituents is 1. The van der Waals surface area contributed by atoms with Gasteiger partial charge in [0, 0.05) is 10.8 Å². The highest BCUT2D eigenvalue weighted by Crippen LogP contribution is 2.37. The molecule has 0 atom stereocenters. The zero-order chi connectivity index (χ0) is 10.3. The van der Waals surface area contributed by atoms with Crippen molar-refractivity contribution in [1.29, 1.82) is 0 Å². The van der Waals surface area contributed by atoms with Gasteiger partial charge in [-0.2, -0.15) is 0 Å². The van der Waals surface area contributed by atoms with Crippen molar-refractivity contribution in [2.45, 2.75) is 0 Å². The maximum absolute atomic E-state index is 10.8. The van der Waals surface area contributed by atoms with Crippen LogP contribution >= 0.6 is 33.9 Å². The lowest BCUT2D eigenvalue weighted by atomic mass is 10.2. The number of benzene rings is 1. The fraction of sp³-hybridized carbons (Fsp3) is 0. The third-order valence-electron chi connectivity index (χ3n) is 1.88. The van der Waals surface area contributed by atoms with Crippen molar-refractivity contribution in [3.8, 4) is 0 Å². The Hall–Kier alpha value is -0.890. The van der Waals surface area contributed by atoms with Gasteiger partial charge >= 0.3 is 0 Å². The van der Waals surface area contributed by atoms with E-state index in [-0.39, 0.29) is 10.6 Å². The van der Waals surface area contributed by atoms with Crippen LogP contribution < -0.4 is 5.73 Å². The molecule has 14 heavy (non-hydrogen) atoms. The number of thiophene rings is 1. The van der Waals surface area contributed by atoms with Crippen LogP contribution in [-0.4, -0.2) is 4.92 Å².